The SMILES string of the molecule is CC1(C)CN(CC(=O)NC2CCC(O)CC2)C(C(=O)O)CO1.Nc1cc(Cl)cc2c1[nH]c1cnccc12. The Hall–Kier alpha value is -2.92. The Labute approximate surface area is 220 Å². The van der Waals surface area contributed by atoms with Crippen molar-refractivity contribution in [3.63, 3.8) is 0 Å². The molecule has 2 aliphatic rings. The number of carboxylic acids is 1. The first-order chi connectivity index (χ1) is 17.5. The maximum Gasteiger partial charge on any atom is 0.323 e. The van der Waals surface area contributed by atoms with E-state index in [2.05, 4.69) is 15.3 Å². The number of aliphatic hydroxyl groups is 1. The van der Waals surface area contributed by atoms with Gasteiger partial charge in [-0.1, -0.05) is 11.6 Å². The summed E-state index contributed by atoms with van der Waals surface area (Å²) in [6.45, 7) is 4.33. The van der Waals surface area contributed by atoms with E-state index in [9.17, 15) is 19.8 Å². The number of H-pyrrole nitrogens is 1. The van der Waals surface area contributed by atoms with Gasteiger partial charge in [0.25, 0.3) is 0 Å². The zero-order valence-electron chi connectivity index (χ0n) is 21.0. The van der Waals surface area contributed by atoms with Gasteiger partial charge in [-0.3, -0.25) is 19.5 Å². The molecular formula is C26H34ClN5O5. The molecule has 3 aromatic rings. The molecule has 10 nitrogen and oxygen atoms in total. The number of pyridine rings is 1. The number of carboxylic acid groups (broad SMARTS) is 1. The number of anilines is 1. The molecule has 0 radical (unpaired) electrons. The van der Waals surface area contributed by atoms with Gasteiger partial charge >= 0.3 is 5.97 Å². The molecule has 37 heavy (non-hydrogen) atoms. The number of nitrogens with two attached hydrogens (primary N) is 1. The number of aromatic amines is 1. The van der Waals surface area contributed by atoms with E-state index in [1.54, 1.807) is 23.4 Å². The maximum atomic E-state index is 12.2. The molecule has 1 aliphatic heterocycles. The van der Waals surface area contributed by atoms with E-state index >= 15 is 0 Å². The molecule has 1 aliphatic carbocycles. The lowest BCUT2D eigenvalue weighted by Crippen LogP contribution is -2.59. The van der Waals surface area contributed by atoms with Gasteiger partial charge < -0.3 is 31.0 Å². The van der Waals surface area contributed by atoms with Gasteiger partial charge in [0.15, 0.2) is 0 Å². The number of nitrogens with zero attached hydrogens (tertiary/aromatic N) is 2. The van der Waals surface area contributed by atoms with Crippen LogP contribution in [0.2, 0.25) is 5.02 Å². The maximum absolute atomic E-state index is 12.2. The van der Waals surface area contributed by atoms with Crippen LogP contribution in [0.3, 0.4) is 0 Å². The van der Waals surface area contributed by atoms with Crippen LogP contribution in [0.4, 0.5) is 5.69 Å². The van der Waals surface area contributed by atoms with E-state index in [1.807, 2.05) is 26.0 Å². The molecule has 2 fully saturated rings. The van der Waals surface area contributed by atoms with E-state index in [-0.39, 0.29) is 31.2 Å². The summed E-state index contributed by atoms with van der Waals surface area (Å²) in [6, 6.07) is 4.89. The van der Waals surface area contributed by atoms with Crippen molar-refractivity contribution in [2.45, 2.75) is 63.3 Å². The summed E-state index contributed by atoms with van der Waals surface area (Å²) in [5, 5.41) is 24.5. The third kappa shape index (κ3) is 6.70. The number of morpholine rings is 1. The van der Waals surface area contributed by atoms with Crippen molar-refractivity contribution in [2.75, 3.05) is 25.4 Å². The molecule has 1 saturated heterocycles. The molecule has 0 bridgehead atoms. The number of benzene rings is 1. The van der Waals surface area contributed by atoms with Crippen LogP contribution < -0.4 is 11.1 Å². The van der Waals surface area contributed by atoms with E-state index in [0.29, 0.717) is 30.1 Å². The summed E-state index contributed by atoms with van der Waals surface area (Å²) in [7, 11) is 0. The van der Waals surface area contributed by atoms with Gasteiger partial charge in [-0.15, -0.1) is 0 Å². The van der Waals surface area contributed by atoms with Gasteiger partial charge in [0.05, 0.1) is 47.8 Å². The Morgan fingerprint density at radius 2 is 2.00 bits per heavy atom. The van der Waals surface area contributed by atoms with Crippen LogP contribution in [-0.2, 0) is 14.3 Å². The van der Waals surface area contributed by atoms with Crippen molar-refractivity contribution in [1.29, 1.82) is 0 Å². The standard InChI is InChI=1S/C15H26N2O5.C11H8ClN3/c1-15(2)9-17(12(8-22-15)14(20)21)7-13(19)16-10-3-5-11(18)6-4-10;12-6-3-8-7-1-2-14-5-10(7)15-11(8)9(13)4-6/h10-12,18H,3-9H2,1-2H3,(H,16,19)(H,20,21);1-5,15H,13H2. The van der Waals surface area contributed by atoms with Crippen molar-refractivity contribution in [2.24, 2.45) is 0 Å². The summed E-state index contributed by atoms with van der Waals surface area (Å²) < 4.78 is 5.53. The van der Waals surface area contributed by atoms with E-state index in [0.717, 1.165) is 34.6 Å². The van der Waals surface area contributed by atoms with Crippen molar-refractivity contribution in [3.05, 3.63) is 35.6 Å². The number of fused-ring (bicyclic) bond motifs is 3. The van der Waals surface area contributed by atoms with Gasteiger partial charge in [-0.05, 0) is 57.7 Å². The number of aromatic nitrogens is 2. The minimum absolute atomic E-state index is 0.0583. The fourth-order valence-corrected chi connectivity index (χ4v) is 5.20. The number of nitrogen functional groups attached to an aromatic ring is 1. The van der Waals surface area contributed by atoms with Crippen LogP contribution in [-0.4, -0.2) is 80.4 Å². The molecule has 0 spiro atoms. The molecule has 5 rings (SSSR count). The summed E-state index contributed by atoms with van der Waals surface area (Å²) >= 11 is 5.97. The number of ether oxygens (including phenoxy) is 1. The summed E-state index contributed by atoms with van der Waals surface area (Å²) in [5.74, 6) is -1.13. The zero-order chi connectivity index (χ0) is 26.7. The predicted molar refractivity (Wildman–Crippen MR) is 142 cm³/mol. The number of aliphatic carboxylic acids is 1. The Morgan fingerprint density at radius 3 is 2.70 bits per heavy atom. The van der Waals surface area contributed by atoms with E-state index in [4.69, 9.17) is 22.1 Å². The molecule has 1 atom stereocenters. The summed E-state index contributed by atoms with van der Waals surface area (Å²) in [6.07, 6.45) is 6.22. The van der Waals surface area contributed by atoms with Gasteiger partial charge in [0.2, 0.25) is 5.91 Å². The van der Waals surface area contributed by atoms with Crippen molar-refractivity contribution < 1.29 is 24.5 Å². The highest BCUT2D eigenvalue weighted by Gasteiger charge is 2.38. The number of amides is 1. The van der Waals surface area contributed by atoms with Gasteiger partial charge in [-0.25, -0.2) is 0 Å². The quantitative estimate of drug-likeness (QED) is 0.322. The second-order valence-electron chi connectivity index (χ2n) is 10.4. The first-order valence-electron chi connectivity index (χ1n) is 12.4. The Balaban J connectivity index is 0.000000184. The third-order valence-corrected chi connectivity index (χ3v) is 7.07. The van der Waals surface area contributed by atoms with Gasteiger partial charge in [0, 0.05) is 34.6 Å². The van der Waals surface area contributed by atoms with Crippen molar-refractivity contribution >= 4 is 51.0 Å². The normalized spacial score (nSPS) is 23.8. The summed E-state index contributed by atoms with van der Waals surface area (Å²) in [5.41, 5.74) is 7.98. The number of rotatable bonds is 4. The lowest BCUT2D eigenvalue weighted by Gasteiger charge is -2.41. The lowest BCUT2D eigenvalue weighted by molar-refractivity contribution is -0.163. The smallest absolute Gasteiger partial charge is 0.323 e. The minimum atomic E-state index is -0.968. The number of hydrogen-bond donors (Lipinski definition) is 5. The molecule has 11 heteroatoms. The first-order valence-corrected chi connectivity index (χ1v) is 12.8. The molecule has 6 N–H and O–H groups in total. The first kappa shape index (κ1) is 27.1. The number of carbonyl (C=O) groups is 2. The largest absolute Gasteiger partial charge is 0.480 e. The highest BCUT2D eigenvalue weighted by molar-refractivity contribution is 6.32. The predicted octanol–water partition coefficient (Wildman–Crippen LogP) is 2.92. The Bertz CT molecular complexity index is 1270. The van der Waals surface area contributed by atoms with Crippen molar-refractivity contribution in [1.82, 2.24) is 20.2 Å². The van der Waals surface area contributed by atoms with E-state index in [1.165, 1.54) is 0 Å². The second kappa shape index (κ2) is 11.2. The summed E-state index contributed by atoms with van der Waals surface area (Å²) in [4.78, 5) is 32.4. The molecule has 2 aromatic heterocycles. The number of aliphatic hydroxyl groups excluding tert-OH is 1. The van der Waals surface area contributed by atoms with Crippen LogP contribution in [0.1, 0.15) is 39.5 Å². The molecule has 1 aromatic carbocycles. The van der Waals surface area contributed by atoms with Crippen LogP contribution in [0.25, 0.3) is 21.8 Å². The fraction of sp³-hybridized carbons (Fsp3) is 0.500. The monoisotopic (exact) mass is 531 g/mol. The molecule has 3 heterocycles. The number of halogens is 1. The van der Waals surface area contributed by atoms with Gasteiger partial charge in [0.1, 0.15) is 6.04 Å². The minimum Gasteiger partial charge on any atom is -0.480 e. The van der Waals surface area contributed by atoms with E-state index < -0.39 is 17.6 Å². The van der Waals surface area contributed by atoms with Crippen molar-refractivity contribution in [3.8, 4) is 0 Å². The lowest BCUT2D eigenvalue weighted by atomic mass is 9.93. The van der Waals surface area contributed by atoms with Crippen LogP contribution in [0, 0.1) is 0 Å². The van der Waals surface area contributed by atoms with Gasteiger partial charge in [-0.2, -0.15) is 0 Å². The number of nitrogens with one attached hydrogen (secondary N) is 2. The number of carbonyl (C=O) groups excluding carboxylic acids is 1. The molecule has 1 unspecified atom stereocenters. The highest BCUT2D eigenvalue weighted by atomic mass is 35.5. The highest BCUT2D eigenvalue weighted by Crippen LogP contribution is 2.31. The van der Waals surface area contributed by atoms with Crippen LogP contribution >= 0.6 is 11.6 Å². The molecular weight excluding hydrogens is 498 g/mol. The zero-order valence-corrected chi connectivity index (χ0v) is 21.8. The fourth-order valence-electron chi connectivity index (χ4n) is 4.97. The average Bonchev–Trinajstić information content (AvgIpc) is 3.19. The topological polar surface area (TPSA) is 154 Å². The molecule has 1 saturated carbocycles. The van der Waals surface area contributed by atoms with Crippen LogP contribution in [0.5, 0.6) is 0 Å². The average molecular weight is 532 g/mol. The third-order valence-electron chi connectivity index (χ3n) is 6.85. The second-order valence-corrected chi connectivity index (χ2v) is 10.8. The molecule has 1 amide bonds. The number of hydrogen-bond acceptors (Lipinski definition) is 7. The Kier molecular flexibility index (Phi) is 8.23. The Morgan fingerprint density at radius 1 is 1.27 bits per heavy atom. The molecule has 200 valence electrons. The van der Waals surface area contributed by atoms with Crippen LogP contribution in [0.15, 0.2) is 30.6 Å².